The van der Waals surface area contributed by atoms with Crippen LogP contribution in [0.4, 0.5) is 5.69 Å². The zero-order chi connectivity index (χ0) is 13.8. The third-order valence-corrected chi connectivity index (χ3v) is 8.04. The minimum atomic E-state index is -1.65. The van der Waals surface area contributed by atoms with Gasteiger partial charge in [-0.15, -0.1) is 0 Å². The van der Waals surface area contributed by atoms with E-state index in [1.807, 2.05) is 24.3 Å². The number of hydrogen-bond donors (Lipinski definition) is 1. The monoisotopic (exact) mass is 267 g/mol. The van der Waals surface area contributed by atoms with Gasteiger partial charge in [-0.25, -0.2) is 0 Å². The molecule has 0 bridgehead atoms. The van der Waals surface area contributed by atoms with Gasteiger partial charge < -0.3 is 14.9 Å². The molecule has 18 heavy (non-hydrogen) atoms. The molecule has 0 unspecified atom stereocenters. The standard InChI is InChI=1S/C14H25NO2Si/c1-14(2,3)18(4,5)17-11-10-16-13-8-6-12(15)7-9-13/h6-9H,10-11,15H2,1-5H3. The summed E-state index contributed by atoms with van der Waals surface area (Å²) in [5, 5.41) is 0.244. The Morgan fingerprint density at radius 3 is 2.11 bits per heavy atom. The van der Waals surface area contributed by atoms with Crippen LogP contribution in [0.2, 0.25) is 18.1 Å². The van der Waals surface area contributed by atoms with Crippen LogP contribution in [-0.4, -0.2) is 21.5 Å². The SMILES string of the molecule is CC(C)(C)[Si](C)(C)OCCOc1ccc(N)cc1. The summed E-state index contributed by atoms with van der Waals surface area (Å²) in [6, 6.07) is 7.43. The van der Waals surface area contributed by atoms with Crippen LogP contribution >= 0.6 is 0 Å². The second-order valence-corrected chi connectivity index (χ2v) is 10.8. The number of rotatable bonds is 5. The molecule has 2 N–H and O–H groups in total. The Labute approximate surface area is 111 Å². The zero-order valence-corrected chi connectivity index (χ0v) is 13.1. The molecule has 3 nitrogen and oxygen atoms in total. The number of ether oxygens (including phenoxy) is 1. The Balaban J connectivity index is 2.33. The smallest absolute Gasteiger partial charge is 0.192 e. The number of hydrogen-bond acceptors (Lipinski definition) is 3. The van der Waals surface area contributed by atoms with E-state index in [9.17, 15) is 0 Å². The van der Waals surface area contributed by atoms with Crippen LogP contribution in [0.15, 0.2) is 24.3 Å². The van der Waals surface area contributed by atoms with Crippen LogP contribution in [0.1, 0.15) is 20.8 Å². The fraction of sp³-hybridized carbons (Fsp3) is 0.571. The van der Waals surface area contributed by atoms with E-state index >= 15 is 0 Å². The lowest BCUT2D eigenvalue weighted by molar-refractivity contribution is 0.203. The van der Waals surface area contributed by atoms with Crippen LogP contribution in [0.5, 0.6) is 5.75 Å². The molecule has 0 radical (unpaired) electrons. The average molecular weight is 267 g/mol. The first-order chi connectivity index (χ1) is 8.22. The summed E-state index contributed by atoms with van der Waals surface area (Å²) in [7, 11) is -1.65. The van der Waals surface area contributed by atoms with Crippen molar-refractivity contribution in [1.29, 1.82) is 0 Å². The normalized spacial score (nSPS) is 12.5. The predicted molar refractivity (Wildman–Crippen MR) is 79.5 cm³/mol. The van der Waals surface area contributed by atoms with Gasteiger partial charge in [0.25, 0.3) is 0 Å². The molecule has 0 heterocycles. The maximum Gasteiger partial charge on any atom is 0.192 e. The second kappa shape index (κ2) is 5.76. The summed E-state index contributed by atoms with van der Waals surface area (Å²) in [4.78, 5) is 0. The molecule has 0 aliphatic carbocycles. The van der Waals surface area contributed by atoms with E-state index in [-0.39, 0.29) is 5.04 Å². The molecule has 0 spiro atoms. The molecule has 0 amide bonds. The van der Waals surface area contributed by atoms with Crippen molar-refractivity contribution >= 4 is 14.0 Å². The lowest BCUT2D eigenvalue weighted by Crippen LogP contribution is -2.41. The minimum Gasteiger partial charge on any atom is -0.491 e. The first kappa shape index (κ1) is 15.1. The van der Waals surface area contributed by atoms with Gasteiger partial charge in [0.05, 0.1) is 6.61 Å². The molecule has 0 fully saturated rings. The number of nitrogens with two attached hydrogens (primary N) is 1. The van der Waals surface area contributed by atoms with Crippen molar-refractivity contribution in [3.8, 4) is 5.75 Å². The Kier molecular flexibility index (Phi) is 4.82. The largest absolute Gasteiger partial charge is 0.491 e. The van der Waals surface area contributed by atoms with Crippen LogP contribution in [0.25, 0.3) is 0 Å². The molecule has 0 aliphatic heterocycles. The molecule has 0 saturated carbocycles. The topological polar surface area (TPSA) is 44.5 Å². The minimum absolute atomic E-state index is 0.244. The number of benzene rings is 1. The summed E-state index contributed by atoms with van der Waals surface area (Å²) in [5.74, 6) is 0.836. The van der Waals surface area contributed by atoms with E-state index < -0.39 is 8.32 Å². The van der Waals surface area contributed by atoms with Crippen molar-refractivity contribution in [2.45, 2.75) is 38.9 Å². The maximum atomic E-state index is 6.03. The molecule has 1 aromatic rings. The highest BCUT2D eigenvalue weighted by Crippen LogP contribution is 2.36. The highest BCUT2D eigenvalue weighted by molar-refractivity contribution is 6.74. The van der Waals surface area contributed by atoms with Crippen LogP contribution in [0.3, 0.4) is 0 Å². The van der Waals surface area contributed by atoms with Gasteiger partial charge in [0.1, 0.15) is 12.4 Å². The van der Waals surface area contributed by atoms with Gasteiger partial charge in [0.2, 0.25) is 0 Å². The van der Waals surface area contributed by atoms with E-state index in [1.54, 1.807) is 0 Å². The summed E-state index contributed by atoms with van der Waals surface area (Å²) in [6.07, 6.45) is 0. The molecular weight excluding hydrogens is 242 g/mol. The van der Waals surface area contributed by atoms with Crippen molar-refractivity contribution < 1.29 is 9.16 Å². The van der Waals surface area contributed by atoms with Gasteiger partial charge in [-0.3, -0.25) is 0 Å². The molecule has 0 atom stereocenters. The molecule has 0 aromatic heterocycles. The lowest BCUT2D eigenvalue weighted by Gasteiger charge is -2.36. The van der Waals surface area contributed by atoms with E-state index in [0.29, 0.717) is 13.2 Å². The fourth-order valence-electron chi connectivity index (χ4n) is 1.24. The van der Waals surface area contributed by atoms with Gasteiger partial charge in [0.15, 0.2) is 8.32 Å². The Bertz CT molecular complexity index is 368. The van der Waals surface area contributed by atoms with Crippen LogP contribution < -0.4 is 10.5 Å². The van der Waals surface area contributed by atoms with Crippen LogP contribution in [-0.2, 0) is 4.43 Å². The van der Waals surface area contributed by atoms with Gasteiger partial charge in [-0.2, -0.15) is 0 Å². The van der Waals surface area contributed by atoms with Crippen molar-refractivity contribution in [1.82, 2.24) is 0 Å². The molecule has 102 valence electrons. The molecule has 1 aromatic carbocycles. The second-order valence-electron chi connectivity index (χ2n) is 6.03. The molecule has 4 heteroatoms. The van der Waals surface area contributed by atoms with Gasteiger partial charge >= 0.3 is 0 Å². The predicted octanol–water partition coefficient (Wildman–Crippen LogP) is 3.67. The first-order valence-corrected chi connectivity index (χ1v) is 9.25. The first-order valence-electron chi connectivity index (χ1n) is 6.35. The maximum absolute atomic E-state index is 6.03. The summed E-state index contributed by atoms with van der Waals surface area (Å²) in [5.41, 5.74) is 6.36. The van der Waals surface area contributed by atoms with E-state index in [0.717, 1.165) is 11.4 Å². The third-order valence-electron chi connectivity index (χ3n) is 3.50. The van der Waals surface area contributed by atoms with Gasteiger partial charge in [-0.05, 0) is 42.4 Å². The van der Waals surface area contributed by atoms with E-state index in [2.05, 4.69) is 33.9 Å². The highest BCUT2D eigenvalue weighted by Gasteiger charge is 2.36. The zero-order valence-electron chi connectivity index (χ0n) is 12.1. The summed E-state index contributed by atoms with van der Waals surface area (Å²) < 4.78 is 11.6. The molecular formula is C14H25NO2Si. The van der Waals surface area contributed by atoms with E-state index in [1.165, 1.54) is 0 Å². The van der Waals surface area contributed by atoms with Crippen molar-refractivity contribution in [2.75, 3.05) is 18.9 Å². The Morgan fingerprint density at radius 2 is 1.61 bits per heavy atom. The quantitative estimate of drug-likeness (QED) is 0.503. The molecule has 1 rings (SSSR count). The van der Waals surface area contributed by atoms with E-state index in [4.69, 9.17) is 14.9 Å². The van der Waals surface area contributed by atoms with Crippen LogP contribution in [0, 0.1) is 0 Å². The summed E-state index contributed by atoms with van der Waals surface area (Å²) >= 11 is 0. The van der Waals surface area contributed by atoms with Gasteiger partial charge in [0, 0.05) is 5.69 Å². The fourth-order valence-corrected chi connectivity index (χ4v) is 2.26. The number of nitrogen functional groups attached to an aromatic ring is 1. The van der Waals surface area contributed by atoms with Crippen molar-refractivity contribution in [2.24, 2.45) is 0 Å². The lowest BCUT2D eigenvalue weighted by atomic mass is 10.2. The molecule has 0 aliphatic rings. The van der Waals surface area contributed by atoms with Crippen molar-refractivity contribution in [3.05, 3.63) is 24.3 Å². The molecule has 0 saturated heterocycles. The summed E-state index contributed by atoms with van der Waals surface area (Å²) in [6.45, 7) is 12.4. The Hall–Kier alpha value is -1.00. The average Bonchev–Trinajstić information content (AvgIpc) is 2.25. The van der Waals surface area contributed by atoms with Gasteiger partial charge in [-0.1, -0.05) is 20.8 Å². The third kappa shape index (κ3) is 4.35. The number of anilines is 1. The highest BCUT2D eigenvalue weighted by atomic mass is 28.4. The van der Waals surface area contributed by atoms with Crippen molar-refractivity contribution in [3.63, 3.8) is 0 Å². The Morgan fingerprint density at radius 1 is 1.06 bits per heavy atom.